The van der Waals surface area contributed by atoms with Gasteiger partial charge >= 0.3 is 5.97 Å². The summed E-state index contributed by atoms with van der Waals surface area (Å²) in [5.74, 6) is -1.20. The number of carboxylic acid groups (broad SMARTS) is 1. The fraction of sp³-hybridized carbons (Fsp3) is 0.929. The molecule has 1 saturated heterocycles. The third-order valence-electron chi connectivity index (χ3n) is 5.05. The zero-order valence-corrected chi connectivity index (χ0v) is 19.7. The van der Waals surface area contributed by atoms with E-state index in [0.717, 1.165) is 0 Å². The molecule has 0 spiro atoms. The fourth-order valence-corrected chi connectivity index (χ4v) is 5.65. The second kappa shape index (κ2) is 12.2. The van der Waals surface area contributed by atoms with Crippen LogP contribution in [0, 0.1) is 0 Å². The molecule has 0 saturated carbocycles. The number of nitrogens with zero attached hydrogens (tertiary/aromatic N) is 3. The number of aliphatic hydroxyl groups excluding tert-OH is 2. The monoisotopic (exact) mass is 495 g/mol. The minimum atomic E-state index is -3.84. The number of carbonyl (C=O) groups is 1. The highest BCUT2D eigenvalue weighted by Crippen LogP contribution is 2.42. The summed E-state index contributed by atoms with van der Waals surface area (Å²) in [5.41, 5.74) is -4.04. The predicted octanol–water partition coefficient (Wildman–Crippen LogP) is -2.60. The van der Waals surface area contributed by atoms with Crippen molar-refractivity contribution in [2.24, 2.45) is 0 Å². The molecule has 5 atom stereocenters. The molecule has 0 radical (unpaired) electrons. The quantitative estimate of drug-likeness (QED) is 0.163. The average molecular weight is 495 g/mol. The van der Waals surface area contributed by atoms with Crippen molar-refractivity contribution in [1.29, 1.82) is 0 Å². The second-order valence-corrected chi connectivity index (χ2v) is 12.0. The van der Waals surface area contributed by atoms with Crippen LogP contribution in [0.2, 0.25) is 0 Å². The molecule has 0 bridgehead atoms. The molecule has 16 heteroatoms. The van der Waals surface area contributed by atoms with Crippen molar-refractivity contribution >= 4 is 30.3 Å². The summed E-state index contributed by atoms with van der Waals surface area (Å²) in [4.78, 5) is 25.0. The molecule has 1 rings (SSSR count). The maximum absolute atomic E-state index is 12.4. The Morgan fingerprint density at radius 3 is 1.63 bits per heavy atom. The van der Waals surface area contributed by atoms with Gasteiger partial charge in [0.05, 0.1) is 25.9 Å². The molecule has 0 amide bonds. The molecule has 1 aliphatic rings. The Morgan fingerprint density at radius 1 is 0.900 bits per heavy atom. The van der Waals surface area contributed by atoms with E-state index in [9.17, 15) is 43.8 Å². The van der Waals surface area contributed by atoms with Crippen LogP contribution < -0.4 is 0 Å². The Hall–Kier alpha value is -0.160. The highest BCUT2D eigenvalue weighted by Gasteiger charge is 2.38. The number of aliphatic hydroxyl groups is 4. The first-order valence-electron chi connectivity index (χ1n) is 9.29. The Labute approximate surface area is 176 Å². The third-order valence-corrected chi connectivity index (χ3v) is 8.66. The number of aliphatic carboxylic acids is 1. The van der Waals surface area contributed by atoms with Crippen molar-refractivity contribution in [2.75, 3.05) is 64.9 Å². The van der Waals surface area contributed by atoms with Gasteiger partial charge in [-0.25, -0.2) is 0 Å². The van der Waals surface area contributed by atoms with Crippen molar-refractivity contribution in [3.8, 4) is 0 Å². The van der Waals surface area contributed by atoms with Crippen LogP contribution in [0.15, 0.2) is 0 Å². The average Bonchev–Trinajstić information content (AvgIpc) is 2.82. The van der Waals surface area contributed by atoms with Gasteiger partial charge in [0, 0.05) is 45.4 Å². The van der Waals surface area contributed by atoms with E-state index in [1.807, 2.05) is 0 Å². The van der Waals surface area contributed by atoms with Gasteiger partial charge in [0.1, 0.15) is 16.9 Å². The van der Waals surface area contributed by atoms with Crippen molar-refractivity contribution in [3.63, 3.8) is 0 Å². The summed E-state index contributed by atoms with van der Waals surface area (Å²) in [6, 6.07) is 0. The van der Waals surface area contributed by atoms with Crippen LogP contribution >= 0.6 is 24.3 Å². The molecule has 1 fully saturated rings. The number of rotatable bonds is 11. The molecule has 0 aromatic carbocycles. The van der Waals surface area contributed by atoms with Crippen LogP contribution in [0.5, 0.6) is 0 Å². The smallest absolute Gasteiger partial charge is 0.303 e. The minimum absolute atomic E-state index is 0.0116. The Kier molecular flexibility index (Phi) is 11.3. The zero-order valence-electron chi connectivity index (χ0n) is 16.5. The van der Waals surface area contributed by atoms with Gasteiger partial charge < -0.3 is 39.6 Å². The van der Waals surface area contributed by atoms with Crippen molar-refractivity contribution in [3.05, 3.63) is 0 Å². The summed E-state index contributed by atoms with van der Waals surface area (Å²) >= 11 is 0. The summed E-state index contributed by atoms with van der Waals surface area (Å²) in [7, 11) is -7.52. The molecule has 1 heterocycles. The van der Waals surface area contributed by atoms with Crippen LogP contribution in [0.1, 0.15) is 6.42 Å². The lowest BCUT2D eigenvalue weighted by atomic mass is 10.3. The van der Waals surface area contributed by atoms with Gasteiger partial charge in [0.2, 0.25) is 7.37 Å². The maximum Gasteiger partial charge on any atom is 0.303 e. The molecule has 0 aromatic rings. The lowest BCUT2D eigenvalue weighted by Gasteiger charge is -2.38. The van der Waals surface area contributed by atoms with E-state index >= 15 is 0 Å². The van der Waals surface area contributed by atoms with Gasteiger partial charge in [-0.05, 0) is 0 Å². The second-order valence-electron chi connectivity index (χ2n) is 7.26. The normalized spacial score (nSPS) is 24.8. The Bertz CT molecular complexity index is 625. The summed E-state index contributed by atoms with van der Waals surface area (Å²) < 4.78 is 35.5. The highest BCUT2D eigenvalue weighted by atomic mass is 31.2. The number of hydrogen-bond acceptors (Lipinski definition) is 11. The third kappa shape index (κ3) is 8.07. The highest BCUT2D eigenvalue weighted by molar-refractivity contribution is 7.57. The molecule has 30 heavy (non-hydrogen) atoms. The van der Waals surface area contributed by atoms with Crippen molar-refractivity contribution < 1.29 is 48.9 Å². The van der Waals surface area contributed by atoms with Gasteiger partial charge in [-0.3, -0.25) is 24.1 Å². The molecule has 0 aromatic heterocycles. The molecular formula is C14H32N3O10P3. The lowest BCUT2D eigenvalue weighted by molar-refractivity contribution is -0.136. The first-order chi connectivity index (χ1) is 13.9. The summed E-state index contributed by atoms with van der Waals surface area (Å²) in [6.45, 7) is -1.26. The number of carboxylic acids is 1. The Morgan fingerprint density at radius 2 is 1.30 bits per heavy atom. The molecule has 13 nitrogen and oxygen atoms in total. The minimum Gasteiger partial charge on any atom is -0.481 e. The van der Waals surface area contributed by atoms with E-state index < -0.39 is 67.0 Å². The van der Waals surface area contributed by atoms with Crippen molar-refractivity contribution in [2.45, 2.75) is 17.4 Å². The maximum atomic E-state index is 12.4. The van der Waals surface area contributed by atoms with E-state index in [2.05, 4.69) is 0 Å². The molecule has 6 N–H and O–H groups in total. The van der Waals surface area contributed by atoms with E-state index in [1.54, 1.807) is 0 Å². The van der Waals surface area contributed by atoms with Crippen molar-refractivity contribution in [1.82, 2.24) is 14.7 Å². The summed E-state index contributed by atoms with van der Waals surface area (Å²) in [5, 5.41) is 48.6. The van der Waals surface area contributed by atoms with Gasteiger partial charge in [0.15, 0.2) is 10.9 Å². The van der Waals surface area contributed by atoms with Gasteiger partial charge in [0.25, 0.3) is 0 Å². The van der Waals surface area contributed by atoms with Gasteiger partial charge in [-0.1, -0.05) is 0 Å². The van der Waals surface area contributed by atoms with E-state index in [1.165, 1.54) is 14.7 Å². The molecule has 178 valence electrons. The molecule has 5 unspecified atom stereocenters. The van der Waals surface area contributed by atoms with E-state index in [0.29, 0.717) is 0 Å². The largest absolute Gasteiger partial charge is 0.481 e. The van der Waals surface area contributed by atoms with Crippen LogP contribution in [0.4, 0.5) is 0 Å². The SMILES string of the molecule is O=[PH2]C(O)(CO)N1CCN(CP(=O)(O)CCC(=O)O)CCN(C(O)(CO)[PH2]=O)CC1. The Balaban J connectivity index is 3.10. The van der Waals surface area contributed by atoms with Gasteiger partial charge in [-0.15, -0.1) is 0 Å². The molecule has 0 aliphatic carbocycles. The van der Waals surface area contributed by atoms with E-state index in [4.69, 9.17) is 5.11 Å². The van der Waals surface area contributed by atoms with Crippen LogP contribution in [0.3, 0.4) is 0 Å². The topological polar surface area (TPSA) is 199 Å². The van der Waals surface area contributed by atoms with Crippen LogP contribution in [0.25, 0.3) is 0 Å². The summed E-state index contributed by atoms with van der Waals surface area (Å²) in [6.07, 6.45) is -1.26. The number of hydrogen-bond donors (Lipinski definition) is 6. The first kappa shape index (κ1) is 27.9. The van der Waals surface area contributed by atoms with Gasteiger partial charge in [-0.2, -0.15) is 0 Å². The lowest BCUT2D eigenvalue weighted by Crippen LogP contribution is -2.54. The van der Waals surface area contributed by atoms with E-state index in [-0.39, 0.29) is 45.6 Å². The van der Waals surface area contributed by atoms with Crippen LogP contribution in [-0.4, -0.2) is 127 Å². The first-order valence-corrected chi connectivity index (χ1v) is 13.4. The predicted molar refractivity (Wildman–Crippen MR) is 111 cm³/mol. The molecular weight excluding hydrogens is 463 g/mol. The standard InChI is InChI=1S/C14H32N3O10P3/c18-9-13(22,28-24)16-4-2-15(11-30(26,27)8-1-12(20)21)3-5-17(7-6-16)14(23,10-19)29-25/h18-19,22-23H,1-11,28-29H2,(H,20,21)(H,26,27). The fourth-order valence-electron chi connectivity index (χ4n) is 3.09. The van der Waals surface area contributed by atoms with Crippen LogP contribution in [-0.2, 0) is 18.5 Å². The molecule has 1 aliphatic heterocycles. The zero-order chi connectivity index (χ0) is 23.0.